The van der Waals surface area contributed by atoms with Gasteiger partial charge in [0.15, 0.2) is 11.5 Å². The molecular weight excluding hydrogens is 304 g/mol. The van der Waals surface area contributed by atoms with Crippen LogP contribution in [-0.4, -0.2) is 57.5 Å². The van der Waals surface area contributed by atoms with Crippen molar-refractivity contribution in [2.75, 3.05) is 46.6 Å². The van der Waals surface area contributed by atoms with Crippen LogP contribution in [0, 0.1) is 0 Å². The fourth-order valence-electron chi connectivity index (χ4n) is 2.72. The zero-order valence-corrected chi connectivity index (χ0v) is 15.1. The number of benzene rings is 1. The summed E-state index contributed by atoms with van der Waals surface area (Å²) in [6.45, 7) is 14.1. The van der Waals surface area contributed by atoms with Gasteiger partial charge in [-0.15, -0.1) is 0 Å². The normalized spacial score (nSPS) is 16.6. The summed E-state index contributed by atoms with van der Waals surface area (Å²) in [5.74, 6) is 1.52. The fourth-order valence-corrected chi connectivity index (χ4v) is 2.72. The van der Waals surface area contributed by atoms with E-state index in [0.29, 0.717) is 12.6 Å². The molecule has 0 amide bonds. The molecule has 1 aliphatic heterocycles. The molecule has 0 radical (unpaired) electrons. The molecule has 0 bridgehead atoms. The lowest BCUT2D eigenvalue weighted by Crippen LogP contribution is -2.46. The van der Waals surface area contributed by atoms with Gasteiger partial charge < -0.3 is 19.5 Å². The Labute approximate surface area is 145 Å². The minimum absolute atomic E-state index is 0.501. The third kappa shape index (κ3) is 5.82. The molecule has 1 aliphatic rings. The highest BCUT2D eigenvalue weighted by Crippen LogP contribution is 2.28. The summed E-state index contributed by atoms with van der Waals surface area (Å²) in [5.41, 5.74) is 2.17. The van der Waals surface area contributed by atoms with Gasteiger partial charge in [0.05, 0.1) is 20.3 Å². The Morgan fingerprint density at radius 3 is 2.75 bits per heavy atom. The average Bonchev–Trinajstić information content (AvgIpc) is 2.60. The number of ether oxygens (including phenoxy) is 3. The molecule has 1 saturated heterocycles. The maximum Gasteiger partial charge on any atom is 0.161 e. The highest BCUT2D eigenvalue weighted by atomic mass is 16.5. The third-order valence-electron chi connectivity index (χ3n) is 4.14. The van der Waals surface area contributed by atoms with E-state index in [-0.39, 0.29) is 0 Å². The van der Waals surface area contributed by atoms with Gasteiger partial charge in [-0.2, -0.15) is 0 Å². The van der Waals surface area contributed by atoms with Crippen molar-refractivity contribution in [1.82, 2.24) is 10.2 Å². The van der Waals surface area contributed by atoms with Crippen LogP contribution >= 0.6 is 0 Å². The predicted octanol–water partition coefficient (Wildman–Crippen LogP) is 2.46. The topological polar surface area (TPSA) is 43.0 Å². The molecule has 5 nitrogen and oxygen atoms in total. The highest BCUT2D eigenvalue weighted by molar-refractivity contribution is 5.43. The van der Waals surface area contributed by atoms with Gasteiger partial charge in [0, 0.05) is 32.2 Å². The first-order valence-electron chi connectivity index (χ1n) is 8.56. The smallest absolute Gasteiger partial charge is 0.161 e. The van der Waals surface area contributed by atoms with Crippen molar-refractivity contribution in [3.63, 3.8) is 0 Å². The minimum Gasteiger partial charge on any atom is -0.493 e. The van der Waals surface area contributed by atoms with Crippen molar-refractivity contribution in [1.29, 1.82) is 0 Å². The Balaban J connectivity index is 1.85. The largest absolute Gasteiger partial charge is 0.493 e. The fraction of sp³-hybridized carbons (Fsp3) is 0.579. The Kier molecular flexibility index (Phi) is 7.56. The van der Waals surface area contributed by atoms with E-state index < -0.39 is 0 Å². The summed E-state index contributed by atoms with van der Waals surface area (Å²) in [6.07, 6.45) is 0. The van der Waals surface area contributed by atoms with Crippen LogP contribution in [0.2, 0.25) is 0 Å². The first-order valence-corrected chi connectivity index (χ1v) is 8.56. The standard InChI is InChI=1S/C19H30N2O3/c1-15(2)14-24-19-11-17(5-6-18(19)22-4)13-20-12-16(3)21-7-9-23-10-8-21/h5-6,11,16,20H,1,7-10,12-14H2,2-4H3. The molecule has 0 aromatic heterocycles. The quantitative estimate of drug-likeness (QED) is 0.703. The Morgan fingerprint density at radius 2 is 2.08 bits per heavy atom. The highest BCUT2D eigenvalue weighted by Gasteiger charge is 2.16. The monoisotopic (exact) mass is 334 g/mol. The Bertz CT molecular complexity index is 527. The Morgan fingerprint density at radius 1 is 1.33 bits per heavy atom. The number of morpholine rings is 1. The summed E-state index contributed by atoms with van der Waals surface area (Å²) in [6, 6.07) is 6.56. The SMILES string of the molecule is C=C(C)COc1cc(CNCC(C)N2CCOCC2)ccc1OC. The van der Waals surface area contributed by atoms with E-state index in [1.54, 1.807) is 7.11 Å². The number of hydrogen-bond donors (Lipinski definition) is 1. The molecule has 1 fully saturated rings. The van der Waals surface area contributed by atoms with Gasteiger partial charge in [-0.3, -0.25) is 4.90 Å². The van der Waals surface area contributed by atoms with Gasteiger partial charge in [-0.1, -0.05) is 12.6 Å². The van der Waals surface area contributed by atoms with Gasteiger partial charge >= 0.3 is 0 Å². The molecule has 1 heterocycles. The van der Waals surface area contributed by atoms with E-state index >= 15 is 0 Å². The summed E-state index contributed by atoms with van der Waals surface area (Å²) < 4.78 is 16.5. The zero-order valence-electron chi connectivity index (χ0n) is 15.1. The molecule has 2 rings (SSSR count). The van der Waals surface area contributed by atoms with Crippen molar-refractivity contribution in [3.8, 4) is 11.5 Å². The molecule has 1 unspecified atom stereocenters. The number of nitrogens with zero attached hydrogens (tertiary/aromatic N) is 1. The minimum atomic E-state index is 0.501. The summed E-state index contributed by atoms with van der Waals surface area (Å²) >= 11 is 0. The first-order chi connectivity index (χ1) is 11.6. The number of methoxy groups -OCH3 is 1. The summed E-state index contributed by atoms with van der Waals surface area (Å²) in [5, 5.41) is 3.53. The van der Waals surface area contributed by atoms with Crippen LogP contribution < -0.4 is 14.8 Å². The van der Waals surface area contributed by atoms with Crippen molar-refractivity contribution in [3.05, 3.63) is 35.9 Å². The van der Waals surface area contributed by atoms with Gasteiger partial charge in [-0.05, 0) is 37.1 Å². The lowest BCUT2D eigenvalue weighted by atomic mass is 10.2. The second kappa shape index (κ2) is 9.67. The van der Waals surface area contributed by atoms with Crippen LogP contribution in [0.3, 0.4) is 0 Å². The van der Waals surface area contributed by atoms with Crippen molar-refractivity contribution < 1.29 is 14.2 Å². The van der Waals surface area contributed by atoms with Crippen molar-refractivity contribution >= 4 is 0 Å². The van der Waals surface area contributed by atoms with Crippen LogP contribution in [0.1, 0.15) is 19.4 Å². The molecule has 5 heteroatoms. The molecule has 0 saturated carbocycles. The van der Waals surface area contributed by atoms with Gasteiger partial charge in [0.25, 0.3) is 0 Å². The molecule has 1 aromatic carbocycles. The van der Waals surface area contributed by atoms with Crippen LogP contribution in [0.4, 0.5) is 0 Å². The molecule has 1 atom stereocenters. The van der Waals surface area contributed by atoms with E-state index in [1.165, 1.54) is 5.56 Å². The van der Waals surface area contributed by atoms with Crippen molar-refractivity contribution in [2.45, 2.75) is 26.4 Å². The van der Waals surface area contributed by atoms with Crippen LogP contribution in [0.5, 0.6) is 11.5 Å². The zero-order chi connectivity index (χ0) is 17.4. The van der Waals surface area contributed by atoms with E-state index in [2.05, 4.69) is 29.8 Å². The van der Waals surface area contributed by atoms with E-state index in [0.717, 1.165) is 56.5 Å². The van der Waals surface area contributed by atoms with E-state index in [1.807, 2.05) is 19.1 Å². The number of hydrogen-bond acceptors (Lipinski definition) is 5. The van der Waals surface area contributed by atoms with Crippen LogP contribution in [0.25, 0.3) is 0 Å². The molecule has 134 valence electrons. The van der Waals surface area contributed by atoms with Crippen LogP contribution in [0.15, 0.2) is 30.4 Å². The molecule has 0 aliphatic carbocycles. The summed E-state index contributed by atoms with van der Waals surface area (Å²) in [4.78, 5) is 2.46. The molecule has 1 N–H and O–H groups in total. The van der Waals surface area contributed by atoms with Gasteiger partial charge in [-0.25, -0.2) is 0 Å². The molecule has 0 spiro atoms. The summed E-state index contributed by atoms with van der Waals surface area (Å²) in [7, 11) is 1.66. The first kappa shape index (κ1) is 18.8. The number of rotatable bonds is 9. The van der Waals surface area contributed by atoms with E-state index in [9.17, 15) is 0 Å². The lowest BCUT2D eigenvalue weighted by Gasteiger charge is -2.32. The Hall–Kier alpha value is -1.56. The molecular formula is C19H30N2O3. The maximum absolute atomic E-state index is 5.78. The maximum atomic E-state index is 5.78. The second-order valence-corrected chi connectivity index (χ2v) is 6.36. The van der Waals surface area contributed by atoms with Gasteiger partial charge in [0.2, 0.25) is 0 Å². The molecule has 24 heavy (non-hydrogen) atoms. The lowest BCUT2D eigenvalue weighted by molar-refractivity contribution is 0.0203. The predicted molar refractivity (Wildman–Crippen MR) is 96.9 cm³/mol. The van der Waals surface area contributed by atoms with Crippen LogP contribution in [-0.2, 0) is 11.3 Å². The average molecular weight is 334 g/mol. The molecule has 1 aromatic rings. The van der Waals surface area contributed by atoms with E-state index in [4.69, 9.17) is 14.2 Å². The third-order valence-corrected chi connectivity index (χ3v) is 4.14. The second-order valence-electron chi connectivity index (χ2n) is 6.36. The van der Waals surface area contributed by atoms with Crippen molar-refractivity contribution in [2.24, 2.45) is 0 Å². The number of nitrogens with one attached hydrogen (secondary N) is 1. The van der Waals surface area contributed by atoms with Gasteiger partial charge in [0.1, 0.15) is 6.61 Å².